The predicted octanol–water partition coefficient (Wildman–Crippen LogP) is 3.23. The Bertz CT molecular complexity index is 246. The lowest BCUT2D eigenvalue weighted by atomic mass is 9.91. The summed E-state index contributed by atoms with van der Waals surface area (Å²) in [6, 6.07) is 0. The topological polar surface area (TPSA) is 43.8 Å². The number of halogens is 1. The van der Waals surface area contributed by atoms with Gasteiger partial charge in [-0.1, -0.05) is 26.8 Å². The van der Waals surface area contributed by atoms with Gasteiger partial charge in [-0.05, 0) is 61.0 Å². The maximum absolute atomic E-state index is 10.3. The van der Waals surface area contributed by atoms with Crippen LogP contribution >= 0.6 is 12.4 Å². The van der Waals surface area contributed by atoms with Crippen LogP contribution in [-0.4, -0.2) is 63.2 Å². The quantitative estimate of drug-likeness (QED) is 0.795. The van der Waals surface area contributed by atoms with Gasteiger partial charge in [0.05, 0.1) is 0 Å². The highest BCUT2D eigenvalue weighted by Crippen LogP contribution is 2.19. The molecule has 0 atom stereocenters. The van der Waals surface area contributed by atoms with Gasteiger partial charge in [-0.25, -0.2) is 4.79 Å². The first kappa shape index (κ1) is 27.7. The van der Waals surface area contributed by atoms with E-state index in [0.29, 0.717) is 5.57 Å². The van der Waals surface area contributed by atoms with Crippen molar-refractivity contribution in [2.75, 3.05) is 42.3 Å². The van der Waals surface area contributed by atoms with E-state index in [1.807, 2.05) is 52.1 Å². The molecule has 0 rings (SSSR count). The van der Waals surface area contributed by atoms with Crippen LogP contribution in [0.2, 0.25) is 0 Å². The maximum Gasteiger partial charge on any atom is 0.330 e. The molecule has 4 nitrogen and oxygen atoms in total. The zero-order valence-corrected chi connectivity index (χ0v) is 15.8. The normalized spacial score (nSPS) is 10.9. The minimum Gasteiger partial charge on any atom is -0.478 e. The molecule has 0 saturated carbocycles. The van der Waals surface area contributed by atoms with E-state index in [0.717, 1.165) is 6.42 Å². The zero-order valence-electron chi connectivity index (χ0n) is 14.9. The fraction of sp³-hybridized carbons (Fsp3) is 0.800. The summed E-state index contributed by atoms with van der Waals surface area (Å²) in [5.41, 5.74) is 0.608. The molecule has 0 radical (unpaired) electrons. The smallest absolute Gasteiger partial charge is 0.330 e. The van der Waals surface area contributed by atoms with Crippen LogP contribution in [0.4, 0.5) is 0 Å². The number of rotatable bonds is 2. The van der Waals surface area contributed by atoms with Crippen molar-refractivity contribution < 1.29 is 9.90 Å². The molecular formula is C15H35ClN2O2. The van der Waals surface area contributed by atoms with Crippen LogP contribution in [0.3, 0.4) is 0 Å². The van der Waals surface area contributed by atoms with Crippen LogP contribution in [0.15, 0.2) is 11.6 Å². The molecule has 0 heterocycles. The highest BCUT2D eigenvalue weighted by molar-refractivity contribution is 5.85. The van der Waals surface area contributed by atoms with E-state index in [4.69, 9.17) is 5.11 Å². The van der Waals surface area contributed by atoms with Gasteiger partial charge in [-0.3, -0.25) is 0 Å². The highest BCUT2D eigenvalue weighted by Gasteiger charge is 2.08. The molecule has 0 aliphatic carbocycles. The monoisotopic (exact) mass is 310 g/mol. The molecule has 20 heavy (non-hydrogen) atoms. The van der Waals surface area contributed by atoms with Crippen LogP contribution < -0.4 is 0 Å². The molecule has 5 heteroatoms. The highest BCUT2D eigenvalue weighted by atomic mass is 35.5. The van der Waals surface area contributed by atoms with Gasteiger partial charge in [-0.15, -0.1) is 12.4 Å². The second kappa shape index (κ2) is 14.8. The molecule has 0 aromatic carbocycles. The van der Waals surface area contributed by atoms with E-state index in [2.05, 4.69) is 20.8 Å². The van der Waals surface area contributed by atoms with Crippen LogP contribution in [0.1, 0.15) is 34.1 Å². The molecule has 1 N–H and O–H groups in total. The summed E-state index contributed by atoms with van der Waals surface area (Å²) in [5, 5.41) is 8.51. The number of aliphatic carboxylic acids is 1. The molecule has 0 spiro atoms. The first-order chi connectivity index (χ1) is 8.29. The Hall–Kier alpha value is -0.580. The molecule has 0 unspecified atom stereocenters. The predicted molar refractivity (Wildman–Crippen MR) is 91.9 cm³/mol. The van der Waals surface area contributed by atoms with Crippen molar-refractivity contribution >= 4 is 18.4 Å². The second-order valence-corrected chi connectivity index (χ2v) is 6.64. The lowest BCUT2D eigenvalue weighted by molar-refractivity contribution is -0.132. The summed E-state index contributed by atoms with van der Waals surface area (Å²) in [4.78, 5) is 14.3. The SMILES string of the molecule is CC(=CCC(C)(C)C)C(=O)O.CN(C)C.CN(C)C.Cl. The minimum atomic E-state index is -0.825. The van der Waals surface area contributed by atoms with E-state index >= 15 is 0 Å². The lowest BCUT2D eigenvalue weighted by Gasteiger charge is -2.14. The van der Waals surface area contributed by atoms with Crippen molar-refractivity contribution in [2.24, 2.45) is 5.41 Å². The summed E-state index contributed by atoms with van der Waals surface area (Å²) in [6.45, 7) is 7.87. The second-order valence-electron chi connectivity index (χ2n) is 6.64. The molecule has 0 bridgehead atoms. The standard InChI is InChI=1S/C9H16O2.2C3H9N.ClH/c1-7(8(10)11)5-6-9(2,3)4;2*1-4(2)3;/h5H,6H2,1-4H3,(H,10,11);2*1-3H3;1H. The van der Waals surface area contributed by atoms with E-state index in [1.165, 1.54) is 0 Å². The zero-order chi connectivity index (χ0) is 16.2. The third-order valence-electron chi connectivity index (χ3n) is 1.36. The van der Waals surface area contributed by atoms with E-state index in [9.17, 15) is 4.79 Å². The molecule has 0 fully saturated rings. The Morgan fingerprint density at radius 3 is 1.40 bits per heavy atom. The van der Waals surface area contributed by atoms with Gasteiger partial charge < -0.3 is 14.9 Å². The maximum atomic E-state index is 10.3. The number of carbonyl (C=O) groups is 1. The number of carboxylic acid groups (broad SMARTS) is 1. The Balaban J connectivity index is -0.000000119. The van der Waals surface area contributed by atoms with E-state index < -0.39 is 5.97 Å². The first-order valence-electron chi connectivity index (χ1n) is 6.41. The van der Waals surface area contributed by atoms with Gasteiger partial charge in [0.1, 0.15) is 0 Å². The number of nitrogens with zero attached hydrogens (tertiary/aromatic N) is 2. The van der Waals surface area contributed by atoms with Crippen molar-refractivity contribution in [3.05, 3.63) is 11.6 Å². The summed E-state index contributed by atoms with van der Waals surface area (Å²) in [7, 11) is 12.0. The summed E-state index contributed by atoms with van der Waals surface area (Å²) < 4.78 is 0. The fourth-order valence-electron chi connectivity index (χ4n) is 0.547. The van der Waals surface area contributed by atoms with Gasteiger partial charge in [0.2, 0.25) is 0 Å². The van der Waals surface area contributed by atoms with Crippen molar-refractivity contribution in [1.82, 2.24) is 9.80 Å². The third kappa shape index (κ3) is 52.9. The van der Waals surface area contributed by atoms with Gasteiger partial charge in [0, 0.05) is 5.57 Å². The van der Waals surface area contributed by atoms with Crippen LogP contribution in [0.5, 0.6) is 0 Å². The molecule has 124 valence electrons. The number of hydrogen-bond donors (Lipinski definition) is 1. The first-order valence-corrected chi connectivity index (χ1v) is 6.41. The molecule has 0 aliphatic rings. The average molecular weight is 311 g/mol. The minimum absolute atomic E-state index is 0. The van der Waals surface area contributed by atoms with Crippen molar-refractivity contribution in [2.45, 2.75) is 34.1 Å². The molecule has 0 aromatic heterocycles. The van der Waals surface area contributed by atoms with Gasteiger partial charge in [0.15, 0.2) is 0 Å². The van der Waals surface area contributed by atoms with Crippen molar-refractivity contribution in [3.8, 4) is 0 Å². The Morgan fingerprint density at radius 1 is 1.00 bits per heavy atom. The molecular weight excluding hydrogens is 276 g/mol. The van der Waals surface area contributed by atoms with Crippen molar-refractivity contribution in [1.29, 1.82) is 0 Å². The van der Waals surface area contributed by atoms with Gasteiger partial charge >= 0.3 is 5.97 Å². The van der Waals surface area contributed by atoms with Crippen LogP contribution in [-0.2, 0) is 4.79 Å². The van der Waals surface area contributed by atoms with Gasteiger partial charge in [0.25, 0.3) is 0 Å². The number of hydrogen-bond acceptors (Lipinski definition) is 3. The lowest BCUT2D eigenvalue weighted by Crippen LogP contribution is -2.04. The average Bonchev–Trinajstić information content (AvgIpc) is 2.10. The molecule has 0 aliphatic heterocycles. The van der Waals surface area contributed by atoms with E-state index in [1.54, 1.807) is 13.0 Å². The van der Waals surface area contributed by atoms with Crippen molar-refractivity contribution in [3.63, 3.8) is 0 Å². The molecule has 0 saturated heterocycles. The number of carboxylic acids is 1. The summed E-state index contributed by atoms with van der Waals surface area (Å²) in [6.07, 6.45) is 2.58. The largest absolute Gasteiger partial charge is 0.478 e. The number of allylic oxidation sites excluding steroid dienone is 1. The van der Waals surface area contributed by atoms with Crippen LogP contribution in [0, 0.1) is 5.41 Å². The Morgan fingerprint density at radius 2 is 1.25 bits per heavy atom. The fourth-order valence-corrected chi connectivity index (χ4v) is 0.547. The Kier molecular flexibility index (Phi) is 20.5. The molecule has 0 aromatic rings. The van der Waals surface area contributed by atoms with Crippen LogP contribution in [0.25, 0.3) is 0 Å². The Labute approximate surface area is 132 Å². The summed E-state index contributed by atoms with van der Waals surface area (Å²) in [5.74, 6) is -0.825. The molecule has 0 amide bonds. The summed E-state index contributed by atoms with van der Waals surface area (Å²) >= 11 is 0. The third-order valence-corrected chi connectivity index (χ3v) is 1.36. The van der Waals surface area contributed by atoms with E-state index in [-0.39, 0.29) is 17.8 Å². The van der Waals surface area contributed by atoms with Gasteiger partial charge in [-0.2, -0.15) is 0 Å².